The molecule has 0 fully saturated rings. The van der Waals surface area contributed by atoms with Crippen LogP contribution in [0.25, 0.3) is 0 Å². The van der Waals surface area contributed by atoms with Crippen molar-refractivity contribution >= 4 is 15.9 Å². The van der Waals surface area contributed by atoms with Crippen molar-refractivity contribution in [3.8, 4) is 0 Å². The van der Waals surface area contributed by atoms with Crippen LogP contribution in [0.4, 0.5) is 0 Å². The number of likely N-dealkylation sites (N-methyl/N-ethyl adjacent to an activating group) is 1. The molecule has 1 amide bonds. The third-order valence-corrected chi connectivity index (χ3v) is 3.65. The van der Waals surface area contributed by atoms with Crippen LogP contribution in [0.3, 0.4) is 0 Å². The van der Waals surface area contributed by atoms with Gasteiger partial charge in [-0.1, -0.05) is 0 Å². The lowest BCUT2D eigenvalue weighted by molar-refractivity contribution is 0.0694. The molecule has 0 radical (unpaired) electrons. The number of sulfonamides is 1. The summed E-state index contributed by atoms with van der Waals surface area (Å²) in [6.45, 7) is 2.15. The SMILES string of the molecule is CCN(CCO)C(=O)c1ccc(S(=O)(=O)NC)o1. The molecule has 2 N–H and O–H groups in total. The Hall–Kier alpha value is -1.38. The minimum absolute atomic E-state index is 0.0703. The molecule has 0 saturated carbocycles. The summed E-state index contributed by atoms with van der Waals surface area (Å²) >= 11 is 0. The molecule has 0 atom stereocenters. The molecule has 0 aromatic carbocycles. The van der Waals surface area contributed by atoms with Gasteiger partial charge >= 0.3 is 0 Å². The number of hydrogen-bond acceptors (Lipinski definition) is 5. The van der Waals surface area contributed by atoms with E-state index < -0.39 is 15.9 Å². The maximum absolute atomic E-state index is 11.9. The van der Waals surface area contributed by atoms with Crippen LogP contribution < -0.4 is 4.72 Å². The zero-order chi connectivity index (χ0) is 13.8. The summed E-state index contributed by atoms with van der Waals surface area (Å²) in [6, 6.07) is 2.51. The maximum atomic E-state index is 11.9. The molecule has 0 saturated heterocycles. The molecule has 7 nitrogen and oxygen atoms in total. The Labute approximate surface area is 105 Å². The van der Waals surface area contributed by atoms with E-state index in [0.29, 0.717) is 6.54 Å². The number of amides is 1. The maximum Gasteiger partial charge on any atom is 0.289 e. The van der Waals surface area contributed by atoms with Gasteiger partial charge in [0.1, 0.15) is 0 Å². The number of furan rings is 1. The molecule has 0 aliphatic carbocycles. The van der Waals surface area contributed by atoms with Crippen LogP contribution in [0.5, 0.6) is 0 Å². The second-order valence-corrected chi connectivity index (χ2v) is 5.25. The lowest BCUT2D eigenvalue weighted by Crippen LogP contribution is -2.33. The van der Waals surface area contributed by atoms with Crippen LogP contribution in [0, 0.1) is 0 Å². The Morgan fingerprint density at radius 2 is 2.17 bits per heavy atom. The first kappa shape index (κ1) is 14.7. The molecule has 0 bridgehead atoms. The summed E-state index contributed by atoms with van der Waals surface area (Å²) in [4.78, 5) is 13.3. The molecule has 1 rings (SSSR count). The van der Waals surface area contributed by atoms with Gasteiger partial charge in [0.05, 0.1) is 6.61 Å². The van der Waals surface area contributed by atoms with Gasteiger partial charge in [0.15, 0.2) is 5.76 Å². The van der Waals surface area contributed by atoms with Crippen molar-refractivity contribution in [1.82, 2.24) is 9.62 Å². The zero-order valence-corrected chi connectivity index (χ0v) is 11.0. The topological polar surface area (TPSA) is 99.9 Å². The third-order valence-electron chi connectivity index (χ3n) is 2.36. The zero-order valence-electron chi connectivity index (χ0n) is 10.2. The molecule has 18 heavy (non-hydrogen) atoms. The summed E-state index contributed by atoms with van der Waals surface area (Å²) in [5.41, 5.74) is 0. The van der Waals surface area contributed by atoms with Gasteiger partial charge < -0.3 is 14.4 Å². The van der Waals surface area contributed by atoms with Gasteiger partial charge in [-0.2, -0.15) is 0 Å². The molecule has 8 heteroatoms. The van der Waals surface area contributed by atoms with E-state index in [1.807, 2.05) is 0 Å². The van der Waals surface area contributed by atoms with Crippen molar-refractivity contribution in [1.29, 1.82) is 0 Å². The fourth-order valence-corrected chi connectivity index (χ4v) is 2.01. The second-order valence-electron chi connectivity index (χ2n) is 3.43. The van der Waals surface area contributed by atoms with Gasteiger partial charge in [0, 0.05) is 13.1 Å². The largest absolute Gasteiger partial charge is 0.438 e. The Bertz CT molecular complexity index is 508. The summed E-state index contributed by atoms with van der Waals surface area (Å²) < 4.78 is 30.0. The summed E-state index contributed by atoms with van der Waals surface area (Å²) in [7, 11) is -2.44. The van der Waals surface area contributed by atoms with Crippen LogP contribution in [0.2, 0.25) is 0 Å². The minimum atomic E-state index is -3.69. The van der Waals surface area contributed by atoms with Crippen LogP contribution in [0.1, 0.15) is 17.5 Å². The average Bonchev–Trinajstić information content (AvgIpc) is 2.85. The molecule has 1 heterocycles. The monoisotopic (exact) mass is 276 g/mol. The van der Waals surface area contributed by atoms with Crippen LogP contribution in [0.15, 0.2) is 21.6 Å². The fourth-order valence-electron chi connectivity index (χ4n) is 1.36. The van der Waals surface area contributed by atoms with Crippen molar-refractivity contribution < 1.29 is 22.7 Å². The van der Waals surface area contributed by atoms with Crippen molar-refractivity contribution in [3.63, 3.8) is 0 Å². The summed E-state index contributed by atoms with van der Waals surface area (Å²) in [6.07, 6.45) is 0. The van der Waals surface area contributed by atoms with E-state index in [9.17, 15) is 13.2 Å². The van der Waals surface area contributed by atoms with Crippen LogP contribution >= 0.6 is 0 Å². The highest BCUT2D eigenvalue weighted by Gasteiger charge is 2.22. The van der Waals surface area contributed by atoms with E-state index in [1.165, 1.54) is 24.1 Å². The third kappa shape index (κ3) is 3.09. The van der Waals surface area contributed by atoms with E-state index in [-0.39, 0.29) is 24.0 Å². The number of rotatable bonds is 6. The van der Waals surface area contributed by atoms with E-state index >= 15 is 0 Å². The van der Waals surface area contributed by atoms with Crippen molar-refractivity contribution in [2.45, 2.75) is 12.0 Å². The first-order chi connectivity index (χ1) is 8.46. The van der Waals surface area contributed by atoms with Crippen LogP contribution in [-0.4, -0.2) is 51.1 Å². The smallest absolute Gasteiger partial charge is 0.289 e. The number of nitrogens with one attached hydrogen (secondary N) is 1. The molecule has 0 aliphatic heterocycles. The summed E-state index contributed by atoms with van der Waals surface area (Å²) in [5, 5.41) is 8.49. The Morgan fingerprint density at radius 3 is 2.67 bits per heavy atom. The number of aliphatic hydroxyl groups is 1. The molecule has 1 aromatic rings. The first-order valence-electron chi connectivity index (χ1n) is 5.39. The van der Waals surface area contributed by atoms with Gasteiger partial charge in [0.2, 0.25) is 5.09 Å². The molecular formula is C10H16N2O5S. The van der Waals surface area contributed by atoms with Gasteiger partial charge in [0.25, 0.3) is 15.9 Å². The van der Waals surface area contributed by atoms with Crippen LogP contribution in [-0.2, 0) is 10.0 Å². The van der Waals surface area contributed by atoms with Crippen molar-refractivity contribution in [2.75, 3.05) is 26.7 Å². The van der Waals surface area contributed by atoms with Gasteiger partial charge in [-0.05, 0) is 26.1 Å². The summed E-state index contributed by atoms with van der Waals surface area (Å²) in [5.74, 6) is -0.525. The van der Waals surface area contributed by atoms with Gasteiger partial charge in [-0.25, -0.2) is 13.1 Å². The predicted octanol–water partition coefficient (Wildman–Crippen LogP) is -0.358. The molecule has 0 unspecified atom stereocenters. The number of nitrogens with zero attached hydrogens (tertiary/aromatic N) is 1. The number of carbonyl (C=O) groups is 1. The molecule has 102 valence electrons. The van der Waals surface area contributed by atoms with Crippen molar-refractivity contribution in [3.05, 3.63) is 17.9 Å². The minimum Gasteiger partial charge on any atom is -0.438 e. The fraction of sp³-hybridized carbons (Fsp3) is 0.500. The van der Waals surface area contributed by atoms with E-state index in [4.69, 9.17) is 9.52 Å². The highest BCUT2D eigenvalue weighted by Crippen LogP contribution is 2.15. The van der Waals surface area contributed by atoms with E-state index in [2.05, 4.69) is 4.72 Å². The molecular weight excluding hydrogens is 260 g/mol. The Kier molecular flexibility index (Phi) is 4.88. The highest BCUT2D eigenvalue weighted by molar-refractivity contribution is 7.89. The molecule has 0 aliphatic rings. The second kappa shape index (κ2) is 5.98. The van der Waals surface area contributed by atoms with E-state index in [1.54, 1.807) is 6.92 Å². The highest BCUT2D eigenvalue weighted by atomic mass is 32.2. The standard InChI is InChI=1S/C10H16N2O5S/c1-3-12(6-7-13)10(14)8-4-5-9(17-8)18(15,16)11-2/h4-5,11,13H,3,6-7H2,1-2H3. The van der Waals surface area contributed by atoms with E-state index in [0.717, 1.165) is 0 Å². The Morgan fingerprint density at radius 1 is 1.50 bits per heavy atom. The van der Waals surface area contributed by atoms with Gasteiger partial charge in [-0.3, -0.25) is 4.79 Å². The molecule has 0 spiro atoms. The normalized spacial score (nSPS) is 11.5. The predicted molar refractivity (Wildman–Crippen MR) is 63.6 cm³/mol. The quantitative estimate of drug-likeness (QED) is 0.739. The lowest BCUT2D eigenvalue weighted by atomic mass is 10.3. The van der Waals surface area contributed by atoms with Gasteiger partial charge in [-0.15, -0.1) is 0 Å². The molecule has 1 aromatic heterocycles. The average molecular weight is 276 g/mol. The van der Waals surface area contributed by atoms with Crippen molar-refractivity contribution in [2.24, 2.45) is 0 Å². The number of hydrogen-bond donors (Lipinski definition) is 2. The number of aliphatic hydroxyl groups excluding tert-OH is 1. The Balaban J connectivity index is 2.95. The number of carbonyl (C=O) groups excluding carboxylic acids is 1. The first-order valence-corrected chi connectivity index (χ1v) is 6.88. The lowest BCUT2D eigenvalue weighted by Gasteiger charge is -2.17.